The van der Waals surface area contributed by atoms with Gasteiger partial charge in [0.05, 0.1) is 19.6 Å². The highest BCUT2D eigenvalue weighted by Gasteiger charge is 2.77. The number of ketones is 2. The third-order valence-electron chi connectivity index (χ3n) is 7.61. The van der Waals surface area contributed by atoms with Gasteiger partial charge in [0.1, 0.15) is 11.9 Å². The molecule has 3 aromatic carbocycles. The lowest BCUT2D eigenvalue weighted by Gasteiger charge is -2.39. The Labute approximate surface area is 224 Å². The second kappa shape index (κ2) is 9.76. The number of hydrogen-bond acceptors (Lipinski definition) is 7. The van der Waals surface area contributed by atoms with Crippen molar-refractivity contribution in [3.8, 4) is 0 Å². The van der Waals surface area contributed by atoms with Gasteiger partial charge in [-0.2, -0.15) is 0 Å². The first kappa shape index (κ1) is 25.7. The van der Waals surface area contributed by atoms with Crippen molar-refractivity contribution in [2.75, 3.05) is 14.2 Å². The van der Waals surface area contributed by atoms with E-state index < -0.39 is 34.3 Å². The van der Waals surface area contributed by atoms with Crippen LogP contribution in [0.2, 0.25) is 0 Å². The monoisotopic (exact) mass is 520 g/mol. The van der Waals surface area contributed by atoms with Crippen molar-refractivity contribution in [1.82, 2.24) is 0 Å². The zero-order chi connectivity index (χ0) is 27.8. The quantitative estimate of drug-likeness (QED) is 0.158. The highest BCUT2D eigenvalue weighted by Crippen LogP contribution is 2.68. The van der Waals surface area contributed by atoms with Crippen molar-refractivity contribution in [1.29, 1.82) is 0 Å². The molecule has 7 heteroatoms. The molecule has 0 unspecified atom stereocenters. The van der Waals surface area contributed by atoms with Crippen LogP contribution in [0.4, 0.5) is 0 Å². The summed E-state index contributed by atoms with van der Waals surface area (Å²) in [6, 6.07) is 23.9. The predicted molar refractivity (Wildman–Crippen MR) is 142 cm³/mol. The van der Waals surface area contributed by atoms with E-state index in [1.165, 1.54) is 6.08 Å². The van der Waals surface area contributed by atoms with E-state index in [1.807, 2.05) is 0 Å². The third-order valence-corrected chi connectivity index (χ3v) is 7.61. The zero-order valence-electron chi connectivity index (χ0n) is 21.3. The second-order valence-electron chi connectivity index (χ2n) is 9.39. The minimum Gasteiger partial charge on any atom is -0.468 e. The van der Waals surface area contributed by atoms with Crippen molar-refractivity contribution < 1.29 is 33.4 Å². The zero-order valence-corrected chi connectivity index (χ0v) is 21.3. The summed E-state index contributed by atoms with van der Waals surface area (Å²) < 4.78 is 10.3. The fourth-order valence-electron chi connectivity index (χ4n) is 6.05. The molecule has 7 nitrogen and oxygen atoms in total. The largest absolute Gasteiger partial charge is 0.468 e. The van der Waals surface area contributed by atoms with E-state index in [0.717, 1.165) is 14.2 Å². The lowest BCUT2D eigenvalue weighted by Crippen LogP contribution is -2.51. The van der Waals surface area contributed by atoms with Crippen LogP contribution in [0.3, 0.4) is 0 Å². The van der Waals surface area contributed by atoms with E-state index in [9.17, 15) is 24.0 Å². The number of Topliss-reactive ketones (excluding diaryl/α,β-unsaturated/α-hetero) is 2. The van der Waals surface area contributed by atoms with Crippen LogP contribution in [-0.4, -0.2) is 44.0 Å². The number of fused-ring (bicyclic) bond motifs is 1. The Balaban J connectivity index is 1.94. The Morgan fingerprint density at radius 1 is 0.795 bits per heavy atom. The number of hydrogen-bond donors (Lipinski definition) is 0. The molecule has 1 saturated carbocycles. The maximum Gasteiger partial charge on any atom is 0.341 e. The van der Waals surface area contributed by atoms with E-state index in [0.29, 0.717) is 28.5 Å². The van der Waals surface area contributed by atoms with Crippen LogP contribution in [0.1, 0.15) is 33.5 Å². The Morgan fingerprint density at radius 2 is 1.38 bits per heavy atom. The molecule has 2 atom stereocenters. The number of carbonyl (C=O) groups excluding carboxylic acids is 5. The first-order valence-corrected chi connectivity index (χ1v) is 12.2. The van der Waals surface area contributed by atoms with E-state index in [2.05, 4.69) is 0 Å². The van der Waals surface area contributed by atoms with Crippen LogP contribution in [0.15, 0.2) is 96.1 Å². The van der Waals surface area contributed by atoms with E-state index >= 15 is 0 Å². The van der Waals surface area contributed by atoms with Gasteiger partial charge in [0.25, 0.3) is 0 Å². The van der Waals surface area contributed by atoms with Gasteiger partial charge in [0, 0.05) is 17.6 Å². The number of allylic oxidation sites excluding steroid dienone is 1. The molecule has 1 fully saturated rings. The SMILES string of the molecule is COC(=O)C1=C(c2ccccc2)[C@@]2(c3ccccc3)CC(=O)/C(=C\c3ccc(C=O)cc3)[C@@]2(C(=O)OC)C1=O. The maximum absolute atomic E-state index is 14.6. The molecule has 39 heavy (non-hydrogen) atoms. The first-order chi connectivity index (χ1) is 18.9. The molecule has 0 heterocycles. The first-order valence-electron chi connectivity index (χ1n) is 12.2. The molecule has 3 aromatic rings. The van der Waals surface area contributed by atoms with Gasteiger partial charge in [0.15, 0.2) is 17.0 Å². The van der Waals surface area contributed by atoms with Gasteiger partial charge >= 0.3 is 11.9 Å². The fraction of sp³-hybridized carbons (Fsp3) is 0.156. The van der Waals surface area contributed by atoms with Crippen molar-refractivity contribution in [3.05, 3.63) is 118 Å². The summed E-state index contributed by atoms with van der Waals surface area (Å²) in [7, 11) is 2.31. The van der Waals surface area contributed by atoms with Crippen molar-refractivity contribution in [2.45, 2.75) is 11.8 Å². The normalized spacial score (nSPS) is 23.1. The molecule has 0 bridgehead atoms. The Kier molecular flexibility index (Phi) is 6.44. The fourth-order valence-corrected chi connectivity index (χ4v) is 6.05. The van der Waals surface area contributed by atoms with Gasteiger partial charge in [0.2, 0.25) is 0 Å². The predicted octanol–water partition coefficient (Wildman–Crippen LogP) is 4.16. The van der Waals surface area contributed by atoms with Gasteiger partial charge in [-0.25, -0.2) is 4.79 Å². The molecule has 5 rings (SSSR count). The number of ether oxygens (including phenoxy) is 2. The highest BCUT2D eigenvalue weighted by atomic mass is 16.5. The summed E-state index contributed by atoms with van der Waals surface area (Å²) in [5, 5.41) is 0. The Morgan fingerprint density at radius 3 is 1.95 bits per heavy atom. The minimum atomic E-state index is -2.20. The smallest absolute Gasteiger partial charge is 0.341 e. The Bertz CT molecular complexity index is 1570. The molecular formula is C32H24O7. The summed E-state index contributed by atoms with van der Waals surface area (Å²) in [4.78, 5) is 67.1. The molecule has 0 aromatic heterocycles. The number of aldehydes is 1. The summed E-state index contributed by atoms with van der Waals surface area (Å²) in [5.41, 5.74) is -2.00. The van der Waals surface area contributed by atoms with Crippen LogP contribution < -0.4 is 0 Å². The van der Waals surface area contributed by atoms with Crippen LogP contribution in [0.5, 0.6) is 0 Å². The maximum atomic E-state index is 14.6. The molecular weight excluding hydrogens is 496 g/mol. The van der Waals surface area contributed by atoms with Gasteiger partial charge in [-0.3, -0.25) is 19.2 Å². The van der Waals surface area contributed by atoms with Crippen LogP contribution in [0.25, 0.3) is 11.6 Å². The molecule has 0 radical (unpaired) electrons. The third kappa shape index (κ3) is 3.54. The van der Waals surface area contributed by atoms with E-state index in [4.69, 9.17) is 9.47 Å². The van der Waals surface area contributed by atoms with Gasteiger partial charge in [-0.1, -0.05) is 84.9 Å². The lowest BCUT2D eigenvalue weighted by molar-refractivity contribution is -0.156. The number of benzene rings is 3. The molecule has 0 saturated heterocycles. The van der Waals surface area contributed by atoms with E-state index in [1.54, 1.807) is 84.9 Å². The highest BCUT2D eigenvalue weighted by molar-refractivity contribution is 6.40. The van der Waals surface area contributed by atoms with Crippen LogP contribution in [-0.2, 0) is 34.1 Å². The summed E-state index contributed by atoms with van der Waals surface area (Å²) >= 11 is 0. The standard InChI is InChI=1S/C32H24O7/c1-38-29(36)26-27(22-9-5-3-6-10-22)31(23-11-7-4-8-12-23)18-25(34)24(32(31,28(26)35)30(37)39-2)17-20-13-15-21(19-33)16-14-20/h3-17,19H,18H2,1-2H3/b24-17+/t31-,32-/m0/s1. The van der Waals surface area contributed by atoms with Crippen LogP contribution >= 0.6 is 0 Å². The van der Waals surface area contributed by atoms with Crippen molar-refractivity contribution in [3.63, 3.8) is 0 Å². The average molecular weight is 521 g/mol. The Hall–Kier alpha value is -4.91. The number of carbonyl (C=O) groups is 5. The number of methoxy groups -OCH3 is 2. The van der Waals surface area contributed by atoms with E-state index in [-0.39, 0.29) is 23.1 Å². The molecule has 194 valence electrons. The van der Waals surface area contributed by atoms with Gasteiger partial charge in [-0.15, -0.1) is 0 Å². The van der Waals surface area contributed by atoms with Crippen molar-refractivity contribution >= 4 is 41.4 Å². The molecule has 0 amide bonds. The molecule has 0 aliphatic heterocycles. The topological polar surface area (TPSA) is 104 Å². The molecule has 0 N–H and O–H groups in total. The minimum absolute atomic E-state index is 0.0885. The van der Waals surface area contributed by atoms with Gasteiger partial charge in [-0.05, 0) is 28.3 Å². The summed E-state index contributed by atoms with van der Waals surface area (Å²) in [5.74, 6) is -3.15. The molecule has 0 spiro atoms. The van der Waals surface area contributed by atoms with Crippen molar-refractivity contribution in [2.24, 2.45) is 5.41 Å². The summed E-state index contributed by atoms with van der Waals surface area (Å²) in [6.07, 6.45) is 1.90. The summed E-state index contributed by atoms with van der Waals surface area (Å²) in [6.45, 7) is 0. The molecule has 2 aliphatic rings. The number of rotatable bonds is 6. The van der Waals surface area contributed by atoms with Gasteiger partial charge < -0.3 is 9.47 Å². The lowest BCUT2D eigenvalue weighted by atomic mass is 9.58. The average Bonchev–Trinajstić information content (AvgIpc) is 3.37. The molecule has 2 aliphatic carbocycles. The second-order valence-corrected chi connectivity index (χ2v) is 9.39. The number of esters is 2. The van der Waals surface area contributed by atoms with Crippen LogP contribution in [0, 0.1) is 5.41 Å².